The van der Waals surface area contributed by atoms with E-state index < -0.39 is 0 Å². The topological polar surface area (TPSA) is 20.3 Å². The molecule has 0 radical (unpaired) electrons. The second kappa shape index (κ2) is 7.82. The van der Waals surface area contributed by atoms with Crippen LogP contribution in [0.3, 0.4) is 0 Å². The number of halogens is 1. The predicted octanol–water partition coefficient (Wildman–Crippen LogP) is 4.13. The summed E-state index contributed by atoms with van der Waals surface area (Å²) in [5.41, 5.74) is 2.63. The van der Waals surface area contributed by atoms with Gasteiger partial charge in [-0.2, -0.15) is 0 Å². The summed E-state index contributed by atoms with van der Waals surface area (Å²) in [5.74, 6) is 0.404. The van der Waals surface area contributed by atoms with Crippen LogP contribution in [-0.2, 0) is 11.2 Å². The Bertz CT molecular complexity index is 446. The molecule has 0 aromatic heterocycles. The molecule has 1 aromatic rings. The first-order valence-corrected chi connectivity index (χ1v) is 8.82. The van der Waals surface area contributed by atoms with Crippen LogP contribution < -0.4 is 0 Å². The third kappa shape index (κ3) is 3.63. The third-order valence-corrected chi connectivity index (χ3v) is 4.47. The Morgan fingerprint density at radius 1 is 1.35 bits per heavy atom. The minimum Gasteiger partial charge on any atom is -0.341 e. The number of hydrogen-bond donors (Lipinski definition) is 0. The number of benzene rings is 1. The molecule has 2 rings (SSSR count). The molecular formula is C17H24BrNO. The van der Waals surface area contributed by atoms with Gasteiger partial charge in [-0.15, -0.1) is 0 Å². The predicted molar refractivity (Wildman–Crippen MR) is 87.4 cm³/mol. The molecule has 1 atom stereocenters. The Hall–Kier alpha value is -0.830. The zero-order chi connectivity index (χ0) is 14.4. The molecule has 3 heteroatoms. The van der Waals surface area contributed by atoms with E-state index >= 15 is 0 Å². The van der Waals surface area contributed by atoms with Gasteiger partial charge in [0.1, 0.15) is 0 Å². The Balaban J connectivity index is 2.15. The molecule has 0 fully saturated rings. The van der Waals surface area contributed by atoms with Crippen molar-refractivity contribution in [3.8, 4) is 0 Å². The molecule has 0 aliphatic heterocycles. The first-order chi connectivity index (χ1) is 9.77. The van der Waals surface area contributed by atoms with E-state index in [9.17, 15) is 4.79 Å². The van der Waals surface area contributed by atoms with E-state index in [1.54, 1.807) is 0 Å². The number of amides is 1. The summed E-state index contributed by atoms with van der Waals surface area (Å²) >= 11 is 3.47. The van der Waals surface area contributed by atoms with Crippen molar-refractivity contribution in [2.45, 2.75) is 44.9 Å². The van der Waals surface area contributed by atoms with Gasteiger partial charge in [0.2, 0.25) is 5.91 Å². The second-order valence-corrected chi connectivity index (χ2v) is 6.30. The van der Waals surface area contributed by atoms with Crippen LogP contribution in [0.5, 0.6) is 0 Å². The lowest BCUT2D eigenvalue weighted by atomic mass is 9.82. The van der Waals surface area contributed by atoms with Crippen molar-refractivity contribution in [2.24, 2.45) is 0 Å². The van der Waals surface area contributed by atoms with Gasteiger partial charge in [0.15, 0.2) is 0 Å². The van der Waals surface area contributed by atoms with Gasteiger partial charge < -0.3 is 4.90 Å². The van der Waals surface area contributed by atoms with Crippen LogP contribution in [0.2, 0.25) is 0 Å². The Morgan fingerprint density at radius 3 is 2.90 bits per heavy atom. The monoisotopic (exact) mass is 337 g/mol. The van der Waals surface area contributed by atoms with Crippen molar-refractivity contribution < 1.29 is 4.79 Å². The molecule has 0 bridgehead atoms. The second-order valence-electron chi connectivity index (χ2n) is 5.51. The summed E-state index contributed by atoms with van der Waals surface area (Å²) in [6.45, 7) is 3.88. The molecule has 1 amide bonds. The summed E-state index contributed by atoms with van der Waals surface area (Å²) in [5, 5.41) is 0.858. The number of nitrogens with zero attached hydrogens (tertiary/aromatic N) is 1. The van der Waals surface area contributed by atoms with Crippen molar-refractivity contribution in [3.63, 3.8) is 0 Å². The van der Waals surface area contributed by atoms with Crippen LogP contribution in [0.25, 0.3) is 0 Å². The van der Waals surface area contributed by atoms with Crippen molar-refractivity contribution in [3.05, 3.63) is 35.4 Å². The molecule has 110 valence electrons. The van der Waals surface area contributed by atoms with Gasteiger partial charge in [-0.25, -0.2) is 0 Å². The van der Waals surface area contributed by atoms with Crippen LogP contribution in [0.15, 0.2) is 24.3 Å². The number of unbranched alkanes of at least 4 members (excludes halogenated alkanes) is 1. The molecule has 1 aromatic carbocycles. The lowest BCUT2D eigenvalue weighted by Gasteiger charge is -2.30. The minimum absolute atomic E-state index is 0.0795. The van der Waals surface area contributed by atoms with Crippen molar-refractivity contribution >= 4 is 21.8 Å². The maximum absolute atomic E-state index is 12.9. The largest absolute Gasteiger partial charge is 0.341 e. The molecule has 0 spiro atoms. The smallest absolute Gasteiger partial charge is 0.230 e. The first kappa shape index (κ1) is 15.6. The number of carbonyl (C=O) groups is 1. The standard InChI is InChI=1S/C17H24BrNO/c1-2-3-12-19(13-11-18)17(20)16-10-6-8-14-7-4-5-9-15(14)16/h4-5,7,9,16H,2-3,6,8,10-13H2,1H3. The molecule has 20 heavy (non-hydrogen) atoms. The number of hydrogen-bond acceptors (Lipinski definition) is 1. The van der Waals surface area contributed by atoms with E-state index in [4.69, 9.17) is 0 Å². The van der Waals surface area contributed by atoms with Crippen LogP contribution in [-0.4, -0.2) is 29.2 Å². The van der Waals surface area contributed by atoms with Gasteiger partial charge in [0, 0.05) is 18.4 Å². The third-order valence-electron chi connectivity index (χ3n) is 4.12. The van der Waals surface area contributed by atoms with E-state index in [0.717, 1.165) is 50.5 Å². The average molecular weight is 338 g/mol. The molecule has 0 heterocycles. The van der Waals surface area contributed by atoms with Crippen LogP contribution in [0.4, 0.5) is 0 Å². The van der Waals surface area contributed by atoms with Crippen LogP contribution in [0.1, 0.15) is 49.7 Å². The van der Waals surface area contributed by atoms with Crippen molar-refractivity contribution in [2.75, 3.05) is 18.4 Å². The average Bonchev–Trinajstić information content (AvgIpc) is 2.50. The van der Waals surface area contributed by atoms with E-state index in [0.29, 0.717) is 5.91 Å². The highest BCUT2D eigenvalue weighted by molar-refractivity contribution is 9.09. The van der Waals surface area contributed by atoms with Crippen LogP contribution >= 0.6 is 15.9 Å². The fourth-order valence-corrected chi connectivity index (χ4v) is 3.44. The fraction of sp³-hybridized carbons (Fsp3) is 0.588. The summed E-state index contributed by atoms with van der Waals surface area (Å²) in [6, 6.07) is 8.46. The molecule has 1 aliphatic carbocycles. The number of alkyl halides is 1. The summed E-state index contributed by atoms with van der Waals surface area (Å²) in [6.07, 6.45) is 5.47. The van der Waals surface area contributed by atoms with Crippen molar-refractivity contribution in [1.29, 1.82) is 0 Å². The Morgan fingerprint density at radius 2 is 2.15 bits per heavy atom. The highest BCUT2D eigenvalue weighted by Crippen LogP contribution is 2.32. The Labute approximate surface area is 130 Å². The number of rotatable bonds is 6. The van der Waals surface area contributed by atoms with E-state index in [2.05, 4.69) is 47.1 Å². The lowest BCUT2D eigenvalue weighted by Crippen LogP contribution is -2.38. The summed E-state index contributed by atoms with van der Waals surface area (Å²) in [7, 11) is 0. The zero-order valence-corrected chi connectivity index (χ0v) is 13.9. The number of aryl methyl sites for hydroxylation is 1. The maximum Gasteiger partial charge on any atom is 0.230 e. The molecule has 2 nitrogen and oxygen atoms in total. The van der Waals surface area contributed by atoms with Gasteiger partial charge in [-0.3, -0.25) is 4.79 Å². The molecule has 0 saturated carbocycles. The lowest BCUT2D eigenvalue weighted by molar-refractivity contribution is -0.133. The quantitative estimate of drug-likeness (QED) is 0.714. The van der Waals surface area contributed by atoms with Gasteiger partial charge in [-0.1, -0.05) is 53.5 Å². The van der Waals surface area contributed by atoms with Gasteiger partial charge in [0.05, 0.1) is 5.92 Å². The molecule has 0 saturated heterocycles. The van der Waals surface area contributed by atoms with E-state index in [-0.39, 0.29) is 5.92 Å². The fourth-order valence-electron chi connectivity index (χ4n) is 3.01. The molecule has 1 unspecified atom stereocenters. The number of carbonyl (C=O) groups excluding carboxylic acids is 1. The molecule has 1 aliphatic rings. The van der Waals surface area contributed by atoms with E-state index in [1.165, 1.54) is 11.1 Å². The molecular weight excluding hydrogens is 314 g/mol. The Kier molecular flexibility index (Phi) is 6.08. The normalized spacial score (nSPS) is 17.6. The van der Waals surface area contributed by atoms with Gasteiger partial charge in [0.25, 0.3) is 0 Å². The summed E-state index contributed by atoms with van der Waals surface area (Å²) < 4.78 is 0. The maximum atomic E-state index is 12.9. The highest BCUT2D eigenvalue weighted by atomic mass is 79.9. The minimum atomic E-state index is 0.0795. The SMILES string of the molecule is CCCCN(CCBr)C(=O)C1CCCc2ccccc21. The first-order valence-electron chi connectivity index (χ1n) is 7.70. The summed E-state index contributed by atoms with van der Waals surface area (Å²) in [4.78, 5) is 14.9. The highest BCUT2D eigenvalue weighted by Gasteiger charge is 2.29. The van der Waals surface area contributed by atoms with Gasteiger partial charge in [-0.05, 0) is 36.8 Å². The van der Waals surface area contributed by atoms with Crippen LogP contribution in [0, 0.1) is 0 Å². The van der Waals surface area contributed by atoms with Crippen molar-refractivity contribution in [1.82, 2.24) is 4.90 Å². The van der Waals surface area contributed by atoms with Gasteiger partial charge >= 0.3 is 0 Å². The number of fused-ring (bicyclic) bond motifs is 1. The van der Waals surface area contributed by atoms with E-state index in [1.807, 2.05) is 4.90 Å². The molecule has 0 N–H and O–H groups in total. The zero-order valence-electron chi connectivity index (χ0n) is 12.3.